The zero-order chi connectivity index (χ0) is 12.8. The second-order valence-corrected chi connectivity index (χ2v) is 5.71. The van der Waals surface area contributed by atoms with E-state index in [1.54, 1.807) is 0 Å². The van der Waals surface area contributed by atoms with E-state index in [-0.39, 0.29) is 6.29 Å². The van der Waals surface area contributed by atoms with Crippen LogP contribution in [0.5, 0.6) is 0 Å². The van der Waals surface area contributed by atoms with Gasteiger partial charge in [0.2, 0.25) is 0 Å². The van der Waals surface area contributed by atoms with E-state index in [1.165, 1.54) is 38.8 Å². The van der Waals surface area contributed by atoms with Gasteiger partial charge >= 0.3 is 0 Å². The van der Waals surface area contributed by atoms with Crippen molar-refractivity contribution in [2.24, 2.45) is 11.7 Å². The molecular formula is C14H28N2O2. The molecular weight excluding hydrogens is 228 g/mol. The van der Waals surface area contributed by atoms with Crippen LogP contribution in [0.3, 0.4) is 0 Å². The molecule has 2 heterocycles. The summed E-state index contributed by atoms with van der Waals surface area (Å²) in [6.07, 6.45) is 6.01. The van der Waals surface area contributed by atoms with Crippen LogP contribution >= 0.6 is 0 Å². The van der Waals surface area contributed by atoms with E-state index in [0.717, 1.165) is 26.2 Å². The molecule has 0 amide bonds. The molecule has 0 aliphatic carbocycles. The van der Waals surface area contributed by atoms with Crippen molar-refractivity contribution < 1.29 is 9.47 Å². The molecule has 0 aromatic rings. The van der Waals surface area contributed by atoms with Crippen LogP contribution in [0.25, 0.3) is 0 Å². The van der Waals surface area contributed by atoms with Crippen LogP contribution in [0.15, 0.2) is 0 Å². The highest BCUT2D eigenvalue weighted by Crippen LogP contribution is 2.19. The molecule has 0 aromatic heterocycles. The van der Waals surface area contributed by atoms with Crippen molar-refractivity contribution in [2.75, 3.05) is 32.8 Å². The summed E-state index contributed by atoms with van der Waals surface area (Å²) in [5.41, 5.74) is 5.95. The second-order valence-electron chi connectivity index (χ2n) is 5.71. The van der Waals surface area contributed by atoms with E-state index in [2.05, 4.69) is 11.8 Å². The van der Waals surface area contributed by atoms with Crippen LogP contribution < -0.4 is 5.73 Å². The molecule has 0 radical (unpaired) electrons. The fraction of sp³-hybridized carbons (Fsp3) is 1.00. The summed E-state index contributed by atoms with van der Waals surface area (Å²) in [5, 5.41) is 0. The number of hydrogen-bond donors (Lipinski definition) is 1. The number of rotatable bonds is 5. The lowest BCUT2D eigenvalue weighted by molar-refractivity contribution is -0.164. The first-order chi connectivity index (χ1) is 8.75. The standard InChI is InChI=1S/C14H28N2O2/c1-12(15)13-5-7-16(8-6-13)9-11-18-14-4-2-3-10-17-14/h12-14H,2-11,15H2,1H3. The van der Waals surface area contributed by atoms with E-state index >= 15 is 0 Å². The van der Waals surface area contributed by atoms with Gasteiger partial charge in [0.15, 0.2) is 6.29 Å². The Morgan fingerprint density at radius 2 is 2.06 bits per heavy atom. The fourth-order valence-electron chi connectivity index (χ4n) is 2.86. The molecule has 4 nitrogen and oxygen atoms in total. The summed E-state index contributed by atoms with van der Waals surface area (Å²) in [6.45, 7) is 7.16. The summed E-state index contributed by atoms with van der Waals surface area (Å²) in [5.74, 6) is 0.712. The third-order valence-corrected chi connectivity index (χ3v) is 4.22. The summed E-state index contributed by atoms with van der Waals surface area (Å²) in [6, 6.07) is 0.346. The number of ether oxygens (including phenoxy) is 2. The molecule has 0 bridgehead atoms. The van der Waals surface area contributed by atoms with Gasteiger partial charge < -0.3 is 20.1 Å². The molecule has 2 aliphatic heterocycles. The number of hydrogen-bond acceptors (Lipinski definition) is 4. The summed E-state index contributed by atoms with van der Waals surface area (Å²) >= 11 is 0. The van der Waals surface area contributed by atoms with Crippen LogP contribution in [-0.4, -0.2) is 50.1 Å². The van der Waals surface area contributed by atoms with Crippen molar-refractivity contribution in [1.29, 1.82) is 0 Å². The summed E-state index contributed by atoms with van der Waals surface area (Å²) in [4.78, 5) is 2.49. The average Bonchev–Trinajstić information content (AvgIpc) is 2.40. The molecule has 2 fully saturated rings. The minimum atomic E-state index is 0.0559. The van der Waals surface area contributed by atoms with Crippen LogP contribution in [0.1, 0.15) is 39.0 Å². The highest BCUT2D eigenvalue weighted by Gasteiger charge is 2.22. The quantitative estimate of drug-likeness (QED) is 0.811. The zero-order valence-electron chi connectivity index (χ0n) is 11.6. The zero-order valence-corrected chi connectivity index (χ0v) is 11.6. The normalized spacial score (nSPS) is 29.3. The first kappa shape index (κ1) is 14.3. The van der Waals surface area contributed by atoms with Crippen LogP contribution in [0.2, 0.25) is 0 Å². The number of nitrogens with zero attached hydrogens (tertiary/aromatic N) is 1. The van der Waals surface area contributed by atoms with Crippen LogP contribution in [0, 0.1) is 5.92 Å². The van der Waals surface area contributed by atoms with Gasteiger partial charge in [-0.1, -0.05) is 0 Å². The smallest absolute Gasteiger partial charge is 0.157 e. The molecule has 2 rings (SSSR count). The molecule has 106 valence electrons. The maximum absolute atomic E-state index is 5.95. The van der Waals surface area contributed by atoms with Gasteiger partial charge in [0.25, 0.3) is 0 Å². The van der Waals surface area contributed by atoms with Crippen molar-refractivity contribution in [1.82, 2.24) is 4.90 Å². The number of nitrogens with two attached hydrogens (primary N) is 1. The van der Waals surface area contributed by atoms with Gasteiger partial charge in [-0.15, -0.1) is 0 Å². The average molecular weight is 256 g/mol. The van der Waals surface area contributed by atoms with Crippen molar-refractivity contribution in [3.63, 3.8) is 0 Å². The Morgan fingerprint density at radius 3 is 2.67 bits per heavy atom. The minimum Gasteiger partial charge on any atom is -0.353 e. The predicted octanol–water partition coefficient (Wildman–Crippen LogP) is 1.59. The second kappa shape index (κ2) is 7.43. The lowest BCUT2D eigenvalue weighted by Crippen LogP contribution is -2.41. The third-order valence-electron chi connectivity index (χ3n) is 4.22. The maximum atomic E-state index is 5.95. The molecule has 4 heteroatoms. The maximum Gasteiger partial charge on any atom is 0.157 e. The Labute approximate surface area is 111 Å². The van der Waals surface area contributed by atoms with E-state index in [4.69, 9.17) is 15.2 Å². The van der Waals surface area contributed by atoms with E-state index < -0.39 is 0 Å². The molecule has 2 unspecified atom stereocenters. The van der Waals surface area contributed by atoms with Gasteiger partial charge in [0, 0.05) is 19.2 Å². The Hall–Kier alpha value is -0.160. The van der Waals surface area contributed by atoms with Crippen molar-refractivity contribution in [3.8, 4) is 0 Å². The van der Waals surface area contributed by atoms with E-state index in [9.17, 15) is 0 Å². The predicted molar refractivity (Wildman–Crippen MR) is 72.4 cm³/mol. The van der Waals surface area contributed by atoms with Crippen LogP contribution in [0.4, 0.5) is 0 Å². The molecule has 2 aliphatic rings. The van der Waals surface area contributed by atoms with E-state index in [0.29, 0.717) is 12.0 Å². The van der Waals surface area contributed by atoms with Crippen molar-refractivity contribution in [3.05, 3.63) is 0 Å². The molecule has 2 saturated heterocycles. The van der Waals surface area contributed by atoms with Gasteiger partial charge in [-0.2, -0.15) is 0 Å². The Kier molecular flexibility index (Phi) is 5.89. The van der Waals surface area contributed by atoms with Gasteiger partial charge in [-0.3, -0.25) is 0 Å². The Bertz CT molecular complexity index is 222. The molecule has 2 N–H and O–H groups in total. The topological polar surface area (TPSA) is 47.7 Å². The van der Waals surface area contributed by atoms with Gasteiger partial charge in [0.1, 0.15) is 0 Å². The SMILES string of the molecule is CC(N)C1CCN(CCOC2CCCCO2)CC1. The largest absolute Gasteiger partial charge is 0.353 e. The highest BCUT2D eigenvalue weighted by atomic mass is 16.7. The van der Waals surface area contributed by atoms with Gasteiger partial charge in [0.05, 0.1) is 6.61 Å². The minimum absolute atomic E-state index is 0.0559. The highest BCUT2D eigenvalue weighted by molar-refractivity contribution is 4.77. The monoisotopic (exact) mass is 256 g/mol. The number of piperidine rings is 1. The van der Waals surface area contributed by atoms with Crippen LogP contribution in [-0.2, 0) is 9.47 Å². The molecule has 18 heavy (non-hydrogen) atoms. The fourth-order valence-corrected chi connectivity index (χ4v) is 2.86. The first-order valence-corrected chi connectivity index (χ1v) is 7.47. The van der Waals surface area contributed by atoms with E-state index in [1.807, 2.05) is 0 Å². The summed E-state index contributed by atoms with van der Waals surface area (Å²) in [7, 11) is 0. The molecule has 0 spiro atoms. The van der Waals surface area contributed by atoms with Gasteiger partial charge in [-0.25, -0.2) is 0 Å². The van der Waals surface area contributed by atoms with Crippen molar-refractivity contribution >= 4 is 0 Å². The molecule has 0 aromatic carbocycles. The Balaban J connectivity index is 1.55. The first-order valence-electron chi connectivity index (χ1n) is 7.47. The number of likely N-dealkylation sites (tertiary alicyclic amines) is 1. The van der Waals surface area contributed by atoms with Crippen molar-refractivity contribution in [2.45, 2.75) is 51.4 Å². The van der Waals surface area contributed by atoms with Gasteiger partial charge in [-0.05, 0) is 58.0 Å². The molecule has 0 saturated carbocycles. The Morgan fingerprint density at radius 1 is 1.28 bits per heavy atom. The molecule has 2 atom stereocenters. The summed E-state index contributed by atoms with van der Waals surface area (Å²) < 4.78 is 11.3. The lowest BCUT2D eigenvalue weighted by atomic mass is 9.91. The third kappa shape index (κ3) is 4.50. The lowest BCUT2D eigenvalue weighted by Gasteiger charge is -2.34.